The number of para-hydroxylation sites is 1. The predicted octanol–water partition coefficient (Wildman–Crippen LogP) is 11.5. The largest absolute Gasteiger partial charge is 0.310 e. The van der Waals surface area contributed by atoms with E-state index in [9.17, 15) is 2.74 Å². The number of benzene rings is 7. The topological polar surface area (TPSA) is 3.24 Å². The summed E-state index contributed by atoms with van der Waals surface area (Å²) in [6.45, 7) is 0. The van der Waals surface area contributed by atoms with Crippen molar-refractivity contribution in [2.24, 2.45) is 0 Å². The molecular weight excluding hydrogens is 502 g/mol. The van der Waals surface area contributed by atoms with Crippen LogP contribution in [-0.2, 0) is 0 Å². The van der Waals surface area contributed by atoms with Gasteiger partial charge in [-0.2, -0.15) is 0 Å². The summed E-state index contributed by atoms with van der Waals surface area (Å²) in [7, 11) is 0. The molecule has 40 heavy (non-hydrogen) atoms. The zero-order valence-corrected chi connectivity index (χ0v) is 21.4. The summed E-state index contributed by atoms with van der Waals surface area (Å²) in [4.78, 5) is 1.23. The number of hydrogen-bond donors (Lipinski definition) is 0. The van der Waals surface area contributed by atoms with E-state index in [0.29, 0.717) is 5.39 Å². The van der Waals surface area contributed by atoms with E-state index in [1.165, 1.54) is 4.90 Å². The molecule has 1 heterocycles. The molecule has 0 amide bonds. The Labute approximate surface area is 259 Å². The molecule has 0 aliphatic carbocycles. The molecule has 188 valence electrons. The SMILES string of the molecule is [2H]c1c([2H])c([2H])c(-c2c([2H])c([2H])c(N(c3ccc4ccc5ccccc5c4c3)c3c([2H])c([2H])c([2H])c([2H])c3[2H])c3c2sc2c([2H])c([2H])c([2H])c([2H])c23)c([2H])c1[2H]. The first kappa shape index (κ1) is 12.1. The molecule has 1 aromatic heterocycles. The van der Waals surface area contributed by atoms with E-state index in [4.69, 9.17) is 19.2 Å². The summed E-state index contributed by atoms with van der Waals surface area (Å²) in [6.07, 6.45) is 0. The summed E-state index contributed by atoms with van der Waals surface area (Å²) in [5.74, 6) is 0. The van der Waals surface area contributed by atoms with E-state index in [2.05, 4.69) is 0 Å². The number of anilines is 3. The fraction of sp³-hybridized carbons (Fsp3) is 0. The molecule has 0 saturated heterocycles. The number of fused-ring (bicyclic) bond motifs is 6. The van der Waals surface area contributed by atoms with Crippen LogP contribution in [0.1, 0.15) is 21.9 Å². The van der Waals surface area contributed by atoms with Gasteiger partial charge in [-0.1, -0.05) is 115 Å². The lowest BCUT2D eigenvalue weighted by molar-refractivity contribution is 1.31. The average Bonchev–Trinajstić information content (AvgIpc) is 3.59. The fourth-order valence-electron chi connectivity index (χ4n) is 5.04. The molecule has 0 aliphatic rings. The van der Waals surface area contributed by atoms with Gasteiger partial charge in [0.2, 0.25) is 0 Å². The minimum Gasteiger partial charge on any atom is -0.310 e. The third kappa shape index (κ3) is 3.69. The van der Waals surface area contributed by atoms with Crippen LogP contribution in [-0.4, -0.2) is 0 Å². The maximum Gasteiger partial charge on any atom is 0.0645 e. The zero-order chi connectivity index (χ0) is 40.4. The van der Waals surface area contributed by atoms with E-state index in [1.54, 1.807) is 18.2 Å². The third-order valence-corrected chi connectivity index (χ3v) is 7.90. The van der Waals surface area contributed by atoms with E-state index >= 15 is 0 Å². The number of hydrogen-bond acceptors (Lipinski definition) is 2. The number of thiophene rings is 1. The average molecular weight is 544 g/mol. The van der Waals surface area contributed by atoms with Gasteiger partial charge in [-0.05, 0) is 69.0 Å². The van der Waals surface area contributed by atoms with Crippen molar-refractivity contribution < 1.29 is 21.9 Å². The number of nitrogens with zero attached hydrogens (tertiary/aromatic N) is 1. The van der Waals surface area contributed by atoms with Gasteiger partial charge < -0.3 is 4.90 Å². The van der Waals surface area contributed by atoms with Gasteiger partial charge in [0, 0.05) is 31.5 Å². The van der Waals surface area contributed by atoms with Crippen molar-refractivity contribution in [2.45, 2.75) is 0 Å². The summed E-state index contributed by atoms with van der Waals surface area (Å²) < 4.78 is 140. The monoisotopic (exact) mass is 543 g/mol. The van der Waals surface area contributed by atoms with Crippen LogP contribution in [0.3, 0.4) is 0 Å². The van der Waals surface area contributed by atoms with Gasteiger partial charge in [-0.15, -0.1) is 11.3 Å². The Morgan fingerprint density at radius 3 is 2.10 bits per heavy atom. The lowest BCUT2D eigenvalue weighted by Gasteiger charge is -2.27. The van der Waals surface area contributed by atoms with Crippen molar-refractivity contribution >= 4 is 70.1 Å². The van der Waals surface area contributed by atoms with Crippen molar-refractivity contribution in [3.8, 4) is 11.1 Å². The van der Waals surface area contributed by atoms with Gasteiger partial charge in [0.15, 0.2) is 0 Å². The minimum atomic E-state index is -0.710. The van der Waals surface area contributed by atoms with Crippen LogP contribution >= 0.6 is 11.3 Å². The molecule has 8 rings (SSSR count). The zero-order valence-electron chi connectivity index (χ0n) is 36.6. The standard InChI is InChI=1S/C38H25NS/c1-3-11-26(12-4-1)32-23-24-35(37-33-17-9-10-18-36(33)40-38(32)37)39(29-14-5-2-6-15-29)30-22-21-28-20-19-27-13-7-8-16-31(27)34(28)25-30/h1-25H/i1D,2D,3D,4D,5D,6D,9D,10D,11D,12D,14D,15D,17D,18D,23D,24D. The minimum absolute atomic E-state index is 0.0311. The molecule has 0 atom stereocenters. The van der Waals surface area contributed by atoms with E-state index in [0.717, 1.165) is 27.5 Å². The molecule has 0 saturated carbocycles. The Morgan fingerprint density at radius 1 is 0.550 bits per heavy atom. The third-order valence-electron chi connectivity index (χ3n) is 6.78. The smallest absolute Gasteiger partial charge is 0.0645 e. The van der Waals surface area contributed by atoms with Crippen LogP contribution in [0.2, 0.25) is 0 Å². The van der Waals surface area contributed by atoms with Crippen molar-refractivity contribution in [3.63, 3.8) is 0 Å². The highest BCUT2D eigenvalue weighted by Gasteiger charge is 2.21. The van der Waals surface area contributed by atoms with Crippen molar-refractivity contribution in [1.29, 1.82) is 0 Å². The molecule has 0 radical (unpaired) electrons. The van der Waals surface area contributed by atoms with Crippen LogP contribution < -0.4 is 4.90 Å². The molecule has 0 aliphatic heterocycles. The molecule has 1 nitrogen and oxygen atoms in total. The second-order valence-corrected chi connectivity index (χ2v) is 10.0. The molecule has 0 unspecified atom stereocenters. The summed E-state index contributed by atoms with van der Waals surface area (Å²) in [5.41, 5.74) is -1.25. The first-order chi connectivity index (χ1) is 26.5. The summed E-state index contributed by atoms with van der Waals surface area (Å²) in [6, 6.07) is 6.00. The van der Waals surface area contributed by atoms with Gasteiger partial charge in [0.25, 0.3) is 0 Å². The molecule has 2 heteroatoms. The van der Waals surface area contributed by atoms with Crippen molar-refractivity contribution in [3.05, 3.63) is 151 Å². The van der Waals surface area contributed by atoms with Crippen LogP contribution in [0.25, 0.3) is 52.8 Å². The first-order valence-electron chi connectivity index (χ1n) is 20.3. The van der Waals surface area contributed by atoms with Crippen LogP contribution in [0.15, 0.2) is 151 Å². The number of rotatable bonds is 4. The Morgan fingerprint density at radius 2 is 1.25 bits per heavy atom. The fourth-order valence-corrected chi connectivity index (χ4v) is 6.15. The highest BCUT2D eigenvalue weighted by atomic mass is 32.1. The normalized spacial score (nSPS) is 17.1. The van der Waals surface area contributed by atoms with Crippen LogP contribution in [0, 0.1) is 0 Å². The van der Waals surface area contributed by atoms with Gasteiger partial charge in [-0.3, -0.25) is 0 Å². The molecular formula is C38H25NS. The summed E-state index contributed by atoms with van der Waals surface area (Å²) in [5, 5.41) is 2.95. The van der Waals surface area contributed by atoms with E-state index < -0.39 is 108 Å². The van der Waals surface area contributed by atoms with E-state index in [-0.39, 0.29) is 37.1 Å². The lowest BCUT2D eigenvalue weighted by atomic mass is 9.99. The molecule has 0 N–H and O–H groups in total. The molecule has 8 aromatic rings. The molecule has 0 bridgehead atoms. The van der Waals surface area contributed by atoms with Crippen LogP contribution in [0.4, 0.5) is 17.1 Å². The molecule has 0 spiro atoms. The summed E-state index contributed by atoms with van der Waals surface area (Å²) >= 11 is 0.772. The maximum atomic E-state index is 9.68. The Kier molecular flexibility index (Phi) is 2.83. The highest BCUT2D eigenvalue weighted by molar-refractivity contribution is 7.26. The molecule has 0 fully saturated rings. The lowest BCUT2D eigenvalue weighted by Crippen LogP contribution is -2.10. The van der Waals surface area contributed by atoms with Crippen LogP contribution in [0.5, 0.6) is 0 Å². The van der Waals surface area contributed by atoms with Gasteiger partial charge in [0.05, 0.1) is 27.6 Å². The maximum absolute atomic E-state index is 9.68. The second kappa shape index (κ2) is 9.37. The molecule has 7 aromatic carbocycles. The Balaban J connectivity index is 1.65. The van der Waals surface area contributed by atoms with Gasteiger partial charge in [-0.25, -0.2) is 0 Å². The predicted molar refractivity (Wildman–Crippen MR) is 174 cm³/mol. The second-order valence-electron chi connectivity index (χ2n) is 8.99. The Hall–Kier alpha value is -4.92. The van der Waals surface area contributed by atoms with Gasteiger partial charge in [0.1, 0.15) is 0 Å². The van der Waals surface area contributed by atoms with Crippen molar-refractivity contribution in [1.82, 2.24) is 0 Å². The highest BCUT2D eigenvalue weighted by Crippen LogP contribution is 2.48. The van der Waals surface area contributed by atoms with E-state index in [1.807, 2.05) is 36.4 Å². The Bertz CT molecular complexity index is 3010. The quantitative estimate of drug-likeness (QED) is 0.200. The van der Waals surface area contributed by atoms with Gasteiger partial charge >= 0.3 is 0 Å². The van der Waals surface area contributed by atoms with Crippen molar-refractivity contribution in [2.75, 3.05) is 4.90 Å². The first-order valence-corrected chi connectivity index (χ1v) is 13.1.